The van der Waals surface area contributed by atoms with Crippen molar-refractivity contribution in [3.8, 4) is 0 Å². The number of anilines is 3. The molecule has 2 aromatic heterocycles. The summed E-state index contributed by atoms with van der Waals surface area (Å²) < 4.78 is 0. The minimum atomic E-state index is 0.740. The van der Waals surface area contributed by atoms with Crippen LogP contribution in [-0.2, 0) is 0 Å². The molecule has 0 atom stereocenters. The lowest BCUT2D eigenvalue weighted by Crippen LogP contribution is -2.11. The van der Waals surface area contributed by atoms with E-state index >= 15 is 0 Å². The molecule has 1 aromatic carbocycles. The number of aryl methyl sites for hydroxylation is 1. The first kappa shape index (κ1) is 13.3. The molecule has 0 bridgehead atoms. The van der Waals surface area contributed by atoms with Crippen molar-refractivity contribution < 1.29 is 0 Å². The van der Waals surface area contributed by atoms with Crippen LogP contribution in [0, 0.1) is 6.92 Å². The van der Waals surface area contributed by atoms with Crippen molar-refractivity contribution in [2.24, 2.45) is 0 Å². The molecule has 5 nitrogen and oxygen atoms in total. The van der Waals surface area contributed by atoms with E-state index in [4.69, 9.17) is 4.98 Å². The van der Waals surface area contributed by atoms with E-state index in [9.17, 15) is 0 Å². The third kappa shape index (κ3) is 2.46. The number of pyridine rings is 1. The predicted molar refractivity (Wildman–Crippen MR) is 91.0 cm³/mol. The molecule has 2 N–H and O–H groups in total. The van der Waals surface area contributed by atoms with Gasteiger partial charge in [0.15, 0.2) is 5.82 Å². The van der Waals surface area contributed by atoms with Gasteiger partial charge in [0.25, 0.3) is 0 Å². The molecular formula is C16H15N5S. The van der Waals surface area contributed by atoms with E-state index in [0.717, 1.165) is 45.5 Å². The van der Waals surface area contributed by atoms with Crippen molar-refractivity contribution in [1.29, 1.82) is 0 Å². The average molecular weight is 309 g/mol. The molecule has 1 aliphatic heterocycles. The van der Waals surface area contributed by atoms with E-state index in [1.54, 1.807) is 18.1 Å². The molecular weight excluding hydrogens is 294 g/mol. The van der Waals surface area contributed by atoms with Crippen LogP contribution in [0.15, 0.2) is 41.7 Å². The van der Waals surface area contributed by atoms with Crippen LogP contribution in [0.25, 0.3) is 11.0 Å². The summed E-state index contributed by atoms with van der Waals surface area (Å²) in [5.74, 6) is 1.77. The molecule has 110 valence electrons. The lowest BCUT2D eigenvalue weighted by Gasteiger charge is -2.17. The van der Waals surface area contributed by atoms with Gasteiger partial charge in [-0.2, -0.15) is 0 Å². The van der Waals surface area contributed by atoms with Crippen molar-refractivity contribution >= 4 is 40.0 Å². The molecule has 1 aliphatic rings. The van der Waals surface area contributed by atoms with Crippen molar-refractivity contribution in [3.63, 3.8) is 0 Å². The Morgan fingerprint density at radius 2 is 2.18 bits per heavy atom. The molecule has 0 fully saturated rings. The molecule has 0 spiro atoms. The standard InChI is InChI=1S/C16H15N5S/c1-10-3-2-4-11(7-10)20-15-14-12(18-9-19-15)8-13-16(21-14)22-6-5-17-13/h2-4,7-9,17H,5-6H2,1H3,(H,18,19,20). The molecule has 0 amide bonds. The van der Waals surface area contributed by atoms with E-state index in [-0.39, 0.29) is 0 Å². The second kappa shape index (κ2) is 5.46. The van der Waals surface area contributed by atoms with Crippen LogP contribution in [0.5, 0.6) is 0 Å². The topological polar surface area (TPSA) is 62.7 Å². The summed E-state index contributed by atoms with van der Waals surface area (Å²) in [6.07, 6.45) is 1.57. The number of rotatable bonds is 2. The Bertz CT molecular complexity index is 849. The van der Waals surface area contributed by atoms with Gasteiger partial charge in [0, 0.05) is 18.0 Å². The van der Waals surface area contributed by atoms with E-state index in [2.05, 4.69) is 39.7 Å². The molecule has 0 radical (unpaired) electrons. The van der Waals surface area contributed by atoms with Crippen molar-refractivity contribution in [1.82, 2.24) is 15.0 Å². The van der Waals surface area contributed by atoms with Crippen molar-refractivity contribution in [3.05, 3.63) is 42.2 Å². The maximum Gasteiger partial charge on any atom is 0.160 e. The molecule has 3 aromatic rings. The average Bonchev–Trinajstić information content (AvgIpc) is 2.53. The number of aromatic nitrogens is 3. The molecule has 0 saturated carbocycles. The number of thioether (sulfide) groups is 1. The van der Waals surface area contributed by atoms with Gasteiger partial charge in [-0.05, 0) is 30.7 Å². The lowest BCUT2D eigenvalue weighted by molar-refractivity contribution is 1.08. The first-order valence-electron chi connectivity index (χ1n) is 7.16. The van der Waals surface area contributed by atoms with E-state index in [1.807, 2.05) is 18.2 Å². The SMILES string of the molecule is Cc1cccc(Nc2ncnc3cc4c(nc23)SCCN4)c1. The Morgan fingerprint density at radius 3 is 3.09 bits per heavy atom. The molecule has 22 heavy (non-hydrogen) atoms. The number of nitrogens with zero attached hydrogens (tertiary/aromatic N) is 3. The summed E-state index contributed by atoms with van der Waals surface area (Å²) in [5.41, 5.74) is 4.92. The summed E-state index contributed by atoms with van der Waals surface area (Å²) in [4.78, 5) is 13.5. The molecule has 0 saturated heterocycles. The Hall–Kier alpha value is -2.34. The highest BCUT2D eigenvalue weighted by atomic mass is 32.2. The largest absolute Gasteiger partial charge is 0.382 e. The van der Waals surface area contributed by atoms with Gasteiger partial charge >= 0.3 is 0 Å². The number of benzene rings is 1. The molecule has 4 rings (SSSR count). The van der Waals surface area contributed by atoms with E-state index < -0.39 is 0 Å². The molecule has 6 heteroatoms. The van der Waals surface area contributed by atoms with Gasteiger partial charge in [0.2, 0.25) is 0 Å². The Labute approximate surface area is 132 Å². The number of hydrogen-bond acceptors (Lipinski definition) is 6. The summed E-state index contributed by atoms with van der Waals surface area (Å²) in [6, 6.07) is 10.3. The molecule has 0 aliphatic carbocycles. The highest BCUT2D eigenvalue weighted by molar-refractivity contribution is 7.99. The van der Waals surface area contributed by atoms with E-state index in [0.29, 0.717) is 0 Å². The van der Waals surface area contributed by atoms with Crippen LogP contribution in [0.4, 0.5) is 17.2 Å². The zero-order valence-electron chi connectivity index (χ0n) is 12.1. The second-order valence-corrected chi connectivity index (χ2v) is 6.28. The number of fused-ring (bicyclic) bond motifs is 2. The summed E-state index contributed by atoms with van der Waals surface area (Å²) in [7, 11) is 0. The van der Waals surface area contributed by atoms with Crippen LogP contribution in [0.3, 0.4) is 0 Å². The van der Waals surface area contributed by atoms with Gasteiger partial charge in [-0.1, -0.05) is 12.1 Å². The maximum absolute atomic E-state index is 4.75. The molecule has 0 unspecified atom stereocenters. The number of nitrogens with one attached hydrogen (secondary N) is 2. The Balaban J connectivity index is 1.80. The first-order valence-corrected chi connectivity index (χ1v) is 8.14. The van der Waals surface area contributed by atoms with Gasteiger partial charge in [-0.15, -0.1) is 11.8 Å². The van der Waals surface area contributed by atoms with Crippen LogP contribution in [-0.4, -0.2) is 27.2 Å². The summed E-state index contributed by atoms with van der Waals surface area (Å²) >= 11 is 1.76. The lowest BCUT2D eigenvalue weighted by atomic mass is 10.2. The Morgan fingerprint density at radius 1 is 1.23 bits per heavy atom. The zero-order valence-corrected chi connectivity index (χ0v) is 12.9. The zero-order chi connectivity index (χ0) is 14.9. The van der Waals surface area contributed by atoms with Gasteiger partial charge in [0.1, 0.15) is 16.9 Å². The highest BCUT2D eigenvalue weighted by Gasteiger charge is 2.15. The molecule has 3 heterocycles. The minimum Gasteiger partial charge on any atom is -0.382 e. The Kier molecular flexibility index (Phi) is 3.31. The van der Waals surface area contributed by atoms with Gasteiger partial charge in [-0.3, -0.25) is 0 Å². The monoisotopic (exact) mass is 309 g/mol. The fraction of sp³-hybridized carbons (Fsp3) is 0.188. The van der Waals surface area contributed by atoms with Gasteiger partial charge in [-0.25, -0.2) is 15.0 Å². The van der Waals surface area contributed by atoms with Crippen LogP contribution in [0.2, 0.25) is 0 Å². The van der Waals surface area contributed by atoms with Crippen molar-refractivity contribution in [2.45, 2.75) is 11.9 Å². The third-order valence-electron chi connectivity index (χ3n) is 3.51. The smallest absolute Gasteiger partial charge is 0.160 e. The van der Waals surface area contributed by atoms with Crippen LogP contribution < -0.4 is 10.6 Å². The van der Waals surface area contributed by atoms with Crippen molar-refractivity contribution in [2.75, 3.05) is 22.9 Å². The maximum atomic E-state index is 4.75. The number of hydrogen-bond donors (Lipinski definition) is 2. The third-order valence-corrected chi connectivity index (χ3v) is 4.51. The quantitative estimate of drug-likeness (QED) is 0.754. The predicted octanol–water partition coefficient (Wildman–Crippen LogP) is 3.59. The van der Waals surface area contributed by atoms with Gasteiger partial charge < -0.3 is 10.6 Å². The van der Waals surface area contributed by atoms with Gasteiger partial charge in [0.05, 0.1) is 11.2 Å². The second-order valence-electron chi connectivity index (χ2n) is 5.20. The summed E-state index contributed by atoms with van der Waals surface area (Å²) in [6.45, 7) is 3.03. The fourth-order valence-electron chi connectivity index (χ4n) is 2.49. The highest BCUT2D eigenvalue weighted by Crippen LogP contribution is 2.33. The van der Waals surface area contributed by atoms with E-state index in [1.165, 1.54) is 5.56 Å². The van der Waals surface area contributed by atoms with Crippen LogP contribution in [0.1, 0.15) is 5.56 Å². The normalized spacial score (nSPS) is 13.5. The minimum absolute atomic E-state index is 0.740. The van der Waals surface area contributed by atoms with Crippen LogP contribution >= 0.6 is 11.8 Å². The fourth-order valence-corrected chi connectivity index (χ4v) is 3.33. The first-order chi connectivity index (χ1) is 10.8. The summed E-state index contributed by atoms with van der Waals surface area (Å²) in [5, 5.41) is 7.73.